The van der Waals surface area contributed by atoms with Crippen molar-refractivity contribution in [3.05, 3.63) is 71.3 Å². The normalized spacial score (nSPS) is 11.2. The summed E-state index contributed by atoms with van der Waals surface area (Å²) in [7, 11) is 1.29. The first-order valence-corrected chi connectivity index (χ1v) is 16.6. The van der Waals surface area contributed by atoms with Crippen molar-refractivity contribution in [3.63, 3.8) is 0 Å². The summed E-state index contributed by atoms with van der Waals surface area (Å²) in [6, 6.07) is 9.14. The van der Waals surface area contributed by atoms with E-state index >= 15 is 0 Å². The van der Waals surface area contributed by atoms with Gasteiger partial charge in [-0.2, -0.15) is 0 Å². The number of nitrogens with one attached hydrogen (secondary N) is 2. The molecule has 0 unspecified atom stereocenters. The van der Waals surface area contributed by atoms with E-state index in [0.29, 0.717) is 27.9 Å². The van der Waals surface area contributed by atoms with Crippen LogP contribution in [0.25, 0.3) is 0 Å². The van der Waals surface area contributed by atoms with E-state index in [4.69, 9.17) is 23.2 Å². The lowest BCUT2D eigenvalue weighted by Gasteiger charge is -2.16. The van der Waals surface area contributed by atoms with Gasteiger partial charge in [-0.05, 0) is 61.4 Å². The number of halogens is 5. The van der Waals surface area contributed by atoms with Crippen LogP contribution in [0.5, 0.6) is 0 Å². The van der Waals surface area contributed by atoms with Crippen molar-refractivity contribution in [1.82, 2.24) is 10.6 Å². The van der Waals surface area contributed by atoms with Crippen molar-refractivity contribution in [2.45, 2.75) is 84.7 Å². The van der Waals surface area contributed by atoms with Crippen LogP contribution < -0.4 is 10.6 Å². The second kappa shape index (κ2) is 27.0. The van der Waals surface area contributed by atoms with E-state index in [1.807, 2.05) is 0 Å². The number of alkyl halides is 3. The molecular formula is C32H45Cl2F2IN2O5. The number of carbonyl (C=O) groups is 4. The van der Waals surface area contributed by atoms with Crippen molar-refractivity contribution in [2.75, 3.05) is 16.9 Å². The Bertz CT molecular complexity index is 1010. The fraction of sp³-hybridized carbons (Fsp3) is 0.500. The van der Waals surface area contributed by atoms with Gasteiger partial charge in [-0.15, -0.1) is 23.2 Å². The molecule has 0 aliphatic heterocycles. The average Bonchev–Trinajstić information content (AvgIpc) is 3.00. The quantitative estimate of drug-likeness (QED) is 0.0823. The van der Waals surface area contributed by atoms with Crippen LogP contribution in [0.15, 0.2) is 48.5 Å². The molecule has 12 heteroatoms. The zero-order chi connectivity index (χ0) is 32.6. The Morgan fingerprint density at radius 3 is 1.45 bits per heavy atom. The number of esters is 1. The highest BCUT2D eigenvalue weighted by atomic mass is 127. The Balaban J connectivity index is 0. The fourth-order valence-electron chi connectivity index (χ4n) is 3.68. The Hall–Kier alpha value is -2.31. The van der Waals surface area contributed by atoms with Gasteiger partial charge in [0.1, 0.15) is 17.7 Å². The standard InChI is InChI=1S/C15H19ClFNO2.C15H20FNO3.CH2ClI.CH4/c1-2-3-4-5-13(14(19)10-16)18-15(20)11-6-8-12(17)9-7-11;1-3-4-5-6-13(15(19)20-2)17-14(18)11-7-9-12(16)10-8-11;2-1-3;/h6-9,13H,2-5,10H2,1H3,(H,18,20);7-10,13H,3-6H2,1-2H3,(H,17,18);1H2;1H4/t2*13-;;/m00../s1. The van der Waals surface area contributed by atoms with Gasteiger partial charge in [-0.1, -0.05) is 82.4 Å². The number of amides is 2. The first-order valence-electron chi connectivity index (χ1n) is 14.0. The smallest absolute Gasteiger partial charge is 0.328 e. The molecule has 2 aromatic carbocycles. The van der Waals surface area contributed by atoms with Crippen molar-refractivity contribution in [2.24, 2.45) is 0 Å². The van der Waals surface area contributed by atoms with Gasteiger partial charge in [-0.25, -0.2) is 13.6 Å². The fourth-order valence-corrected chi connectivity index (χ4v) is 3.87. The molecule has 2 aromatic rings. The molecule has 0 spiro atoms. The van der Waals surface area contributed by atoms with Gasteiger partial charge in [-0.3, -0.25) is 14.4 Å². The summed E-state index contributed by atoms with van der Waals surface area (Å²) in [6.45, 7) is 4.12. The summed E-state index contributed by atoms with van der Waals surface area (Å²) in [5, 5.41) is 5.29. The van der Waals surface area contributed by atoms with E-state index in [0.717, 1.165) is 38.5 Å². The minimum Gasteiger partial charge on any atom is -0.467 e. The second-order valence-corrected chi connectivity index (χ2v) is 11.5. The predicted octanol–water partition coefficient (Wildman–Crippen LogP) is 8.24. The minimum absolute atomic E-state index is 0. The number of unbranched alkanes of at least 4 members (excludes halogenated alkanes) is 4. The average molecular weight is 774 g/mol. The summed E-state index contributed by atoms with van der Waals surface area (Å²) >= 11 is 12.6. The van der Waals surface area contributed by atoms with Crippen molar-refractivity contribution in [3.8, 4) is 0 Å². The van der Waals surface area contributed by atoms with Crippen LogP contribution >= 0.6 is 45.8 Å². The SMILES string of the molecule is C.CCCCC[C@H](NC(=O)c1ccc(F)cc1)C(=O)CCl.CCCCC[C@H](NC(=O)c1ccc(F)cc1)C(=O)OC.ClCI. The lowest BCUT2D eigenvalue weighted by atomic mass is 10.0. The lowest BCUT2D eigenvalue weighted by Crippen LogP contribution is -2.41. The molecule has 0 bridgehead atoms. The molecule has 2 amide bonds. The van der Waals surface area contributed by atoms with Gasteiger partial charge in [0.15, 0.2) is 5.78 Å². The summed E-state index contributed by atoms with van der Waals surface area (Å²) in [6.07, 6.45) is 6.85. The minimum atomic E-state index is -0.663. The molecule has 0 heterocycles. The van der Waals surface area contributed by atoms with E-state index in [1.54, 1.807) is 0 Å². The van der Waals surface area contributed by atoms with Crippen LogP contribution in [0.4, 0.5) is 8.78 Å². The zero-order valence-electron chi connectivity index (χ0n) is 24.8. The summed E-state index contributed by atoms with van der Waals surface area (Å²) in [4.78, 5) is 47.3. The molecule has 0 radical (unpaired) electrons. The maximum Gasteiger partial charge on any atom is 0.328 e. The zero-order valence-corrected chi connectivity index (χ0v) is 28.4. The van der Waals surface area contributed by atoms with Gasteiger partial charge in [0.05, 0.1) is 22.9 Å². The number of methoxy groups -OCH3 is 1. The van der Waals surface area contributed by atoms with E-state index in [9.17, 15) is 28.0 Å². The highest BCUT2D eigenvalue weighted by molar-refractivity contribution is 14.1. The van der Waals surface area contributed by atoms with E-state index < -0.39 is 35.6 Å². The molecule has 0 aromatic heterocycles. The number of Topliss-reactive ketones (excluding diaryl/α,β-unsaturated/α-hetero) is 1. The van der Waals surface area contributed by atoms with Gasteiger partial charge < -0.3 is 15.4 Å². The topological polar surface area (TPSA) is 102 Å². The first kappa shape index (κ1) is 43.8. The maximum absolute atomic E-state index is 12.8. The van der Waals surface area contributed by atoms with Crippen LogP contribution in [-0.2, 0) is 14.3 Å². The van der Waals surface area contributed by atoms with Crippen LogP contribution in [0.3, 0.4) is 0 Å². The van der Waals surface area contributed by atoms with E-state index in [2.05, 4.69) is 51.8 Å². The first-order chi connectivity index (χ1) is 20.6. The molecule has 0 fully saturated rings. The summed E-state index contributed by atoms with van der Waals surface area (Å²) in [5.74, 6) is -2.39. The predicted molar refractivity (Wildman–Crippen MR) is 183 cm³/mol. The highest BCUT2D eigenvalue weighted by Gasteiger charge is 2.22. The van der Waals surface area contributed by atoms with Gasteiger partial charge >= 0.3 is 5.97 Å². The summed E-state index contributed by atoms with van der Waals surface area (Å²) < 4.78 is 31.0. The Labute approximate surface area is 284 Å². The molecule has 7 nitrogen and oxygen atoms in total. The molecule has 2 atom stereocenters. The summed E-state index contributed by atoms with van der Waals surface area (Å²) in [5.41, 5.74) is 0.644. The van der Waals surface area contributed by atoms with Crippen LogP contribution in [0.1, 0.15) is 93.4 Å². The molecule has 248 valence electrons. The maximum atomic E-state index is 12.8. The molecule has 44 heavy (non-hydrogen) atoms. The molecule has 0 aliphatic rings. The Morgan fingerprint density at radius 1 is 0.750 bits per heavy atom. The number of hydrogen-bond donors (Lipinski definition) is 2. The van der Waals surface area contributed by atoms with Crippen LogP contribution in [-0.4, -0.2) is 52.5 Å². The van der Waals surface area contributed by atoms with Crippen molar-refractivity contribution >= 4 is 69.4 Å². The molecule has 0 saturated heterocycles. The van der Waals surface area contributed by atoms with Crippen LogP contribution in [0, 0.1) is 11.6 Å². The Morgan fingerprint density at radius 2 is 1.11 bits per heavy atom. The van der Waals surface area contributed by atoms with Crippen LogP contribution in [0.2, 0.25) is 0 Å². The van der Waals surface area contributed by atoms with E-state index in [1.165, 1.54) is 55.6 Å². The number of benzene rings is 2. The molecule has 0 aliphatic carbocycles. The van der Waals surface area contributed by atoms with E-state index in [-0.39, 0.29) is 25.0 Å². The third-order valence-corrected chi connectivity index (χ3v) is 6.29. The lowest BCUT2D eigenvalue weighted by molar-refractivity contribution is -0.143. The number of rotatable bonds is 15. The number of ketones is 1. The second-order valence-electron chi connectivity index (χ2n) is 9.28. The van der Waals surface area contributed by atoms with Crippen molar-refractivity contribution < 1.29 is 32.7 Å². The third kappa shape index (κ3) is 19.2. The molecular weight excluding hydrogens is 728 g/mol. The van der Waals surface area contributed by atoms with Gasteiger partial charge in [0.25, 0.3) is 11.8 Å². The van der Waals surface area contributed by atoms with Gasteiger partial charge in [0.2, 0.25) is 0 Å². The molecule has 2 N–H and O–H groups in total. The highest BCUT2D eigenvalue weighted by Crippen LogP contribution is 2.09. The number of ether oxygens (including phenoxy) is 1. The largest absolute Gasteiger partial charge is 0.467 e. The van der Waals surface area contributed by atoms with Crippen molar-refractivity contribution in [1.29, 1.82) is 0 Å². The number of hydrogen-bond acceptors (Lipinski definition) is 5. The number of carbonyl (C=O) groups excluding carboxylic acids is 4. The molecule has 0 saturated carbocycles. The van der Waals surface area contributed by atoms with Gasteiger partial charge in [0, 0.05) is 11.1 Å². The molecule has 2 rings (SSSR count). The Kier molecular flexibility index (Phi) is 26.9. The third-order valence-electron chi connectivity index (χ3n) is 6.02. The monoisotopic (exact) mass is 772 g/mol.